The first-order valence-electron chi connectivity index (χ1n) is 5.92. The molecule has 2 N–H and O–H groups in total. The van der Waals surface area contributed by atoms with Crippen LogP contribution in [0.5, 0.6) is 0 Å². The van der Waals surface area contributed by atoms with Gasteiger partial charge in [0.15, 0.2) is 0 Å². The lowest BCUT2D eigenvalue weighted by Crippen LogP contribution is -2.36. The third-order valence-electron chi connectivity index (χ3n) is 2.17. The highest BCUT2D eigenvalue weighted by Gasteiger charge is 2.32. The quantitative estimate of drug-likeness (QED) is 0.691. The summed E-state index contributed by atoms with van der Waals surface area (Å²) in [6.07, 6.45) is -3.48. The molecule has 1 heterocycles. The van der Waals surface area contributed by atoms with E-state index in [1.54, 1.807) is 0 Å². The number of nitrogens with one attached hydrogen (secondary N) is 1. The smallest absolute Gasteiger partial charge is 0.406 e. The van der Waals surface area contributed by atoms with Gasteiger partial charge in [-0.15, -0.1) is 5.10 Å². The summed E-state index contributed by atoms with van der Waals surface area (Å²) < 4.78 is 42.2. The maximum atomic E-state index is 12.3. The molecule has 19 heavy (non-hydrogen) atoms. The fourth-order valence-electron chi connectivity index (χ4n) is 1.40. The van der Waals surface area contributed by atoms with Gasteiger partial charge in [-0.1, -0.05) is 12.0 Å². The summed E-state index contributed by atoms with van der Waals surface area (Å²) in [4.78, 5) is 0.802. The average molecular weight is 282 g/mol. The Hall–Kier alpha value is -1.35. The standard InChI is InChI=1S/C10H17F3N4O2/c1-2-3-14-6-8-15-16-9(19-8)17(4-5-18)7-10(11,12)13/h14,18H,2-7H2,1H3. The van der Waals surface area contributed by atoms with Gasteiger partial charge >= 0.3 is 12.2 Å². The van der Waals surface area contributed by atoms with Crippen molar-refractivity contribution in [1.29, 1.82) is 0 Å². The van der Waals surface area contributed by atoms with E-state index in [0.29, 0.717) is 6.54 Å². The van der Waals surface area contributed by atoms with Gasteiger partial charge in [-0.25, -0.2) is 0 Å². The number of aliphatic hydroxyl groups excluding tert-OH is 1. The van der Waals surface area contributed by atoms with Crippen molar-refractivity contribution in [1.82, 2.24) is 15.5 Å². The van der Waals surface area contributed by atoms with Crippen LogP contribution in [0.1, 0.15) is 19.2 Å². The van der Waals surface area contributed by atoms with E-state index >= 15 is 0 Å². The second kappa shape index (κ2) is 7.29. The molecule has 110 valence electrons. The number of hydrogen-bond donors (Lipinski definition) is 2. The van der Waals surface area contributed by atoms with Gasteiger partial charge in [-0.05, 0) is 13.0 Å². The summed E-state index contributed by atoms with van der Waals surface area (Å²) in [6, 6.07) is -0.236. The number of halogens is 3. The molecular weight excluding hydrogens is 265 g/mol. The van der Waals surface area contributed by atoms with E-state index in [9.17, 15) is 13.2 Å². The van der Waals surface area contributed by atoms with Crippen molar-refractivity contribution in [2.45, 2.75) is 26.1 Å². The molecule has 0 unspecified atom stereocenters. The Labute approximate surface area is 108 Å². The third kappa shape index (κ3) is 5.88. The van der Waals surface area contributed by atoms with Gasteiger partial charge in [-0.3, -0.25) is 0 Å². The fraction of sp³-hybridized carbons (Fsp3) is 0.800. The first-order chi connectivity index (χ1) is 8.96. The molecule has 0 radical (unpaired) electrons. The number of hydrogen-bond acceptors (Lipinski definition) is 6. The highest BCUT2D eigenvalue weighted by atomic mass is 19.4. The van der Waals surface area contributed by atoms with Gasteiger partial charge in [0.2, 0.25) is 5.89 Å². The number of rotatable bonds is 8. The van der Waals surface area contributed by atoms with Gasteiger partial charge in [0.1, 0.15) is 6.54 Å². The predicted octanol–water partition coefficient (Wildman–Crippen LogP) is 0.930. The average Bonchev–Trinajstić information content (AvgIpc) is 2.76. The molecule has 9 heteroatoms. The molecule has 0 saturated carbocycles. The minimum Gasteiger partial charge on any atom is -0.407 e. The summed E-state index contributed by atoms with van der Waals surface area (Å²) in [6.45, 7) is 1.15. The van der Waals surface area contributed by atoms with Crippen molar-refractivity contribution in [2.24, 2.45) is 0 Å². The second-order valence-electron chi connectivity index (χ2n) is 3.92. The van der Waals surface area contributed by atoms with Crippen molar-refractivity contribution < 1.29 is 22.7 Å². The van der Waals surface area contributed by atoms with Crippen LogP contribution in [-0.2, 0) is 6.54 Å². The highest BCUT2D eigenvalue weighted by Crippen LogP contribution is 2.20. The Balaban J connectivity index is 2.63. The molecule has 0 atom stereocenters. The normalized spacial score (nSPS) is 11.8. The van der Waals surface area contributed by atoms with Gasteiger partial charge < -0.3 is 19.7 Å². The lowest BCUT2D eigenvalue weighted by atomic mass is 10.5. The van der Waals surface area contributed by atoms with Crippen LogP contribution in [0.15, 0.2) is 4.42 Å². The van der Waals surface area contributed by atoms with Gasteiger partial charge in [0.05, 0.1) is 13.2 Å². The van der Waals surface area contributed by atoms with Crippen molar-refractivity contribution in [2.75, 3.05) is 31.1 Å². The molecule has 0 spiro atoms. The molecule has 6 nitrogen and oxygen atoms in total. The fourth-order valence-corrected chi connectivity index (χ4v) is 1.40. The van der Waals surface area contributed by atoms with E-state index in [1.807, 2.05) is 6.92 Å². The molecule has 0 aliphatic rings. The van der Waals surface area contributed by atoms with Crippen LogP contribution < -0.4 is 10.2 Å². The zero-order valence-corrected chi connectivity index (χ0v) is 10.6. The van der Waals surface area contributed by atoms with Crippen molar-refractivity contribution in [3.05, 3.63) is 5.89 Å². The largest absolute Gasteiger partial charge is 0.407 e. The van der Waals surface area contributed by atoms with Crippen molar-refractivity contribution in [3.8, 4) is 0 Å². The molecule has 0 aliphatic heterocycles. The zero-order chi connectivity index (χ0) is 14.3. The highest BCUT2D eigenvalue weighted by molar-refractivity contribution is 5.24. The first-order valence-corrected chi connectivity index (χ1v) is 5.92. The van der Waals surface area contributed by atoms with E-state index in [2.05, 4.69) is 15.5 Å². The van der Waals surface area contributed by atoms with Crippen molar-refractivity contribution >= 4 is 6.01 Å². The maximum absolute atomic E-state index is 12.3. The molecule has 0 aliphatic carbocycles. The number of aliphatic hydroxyl groups is 1. The van der Waals surface area contributed by atoms with E-state index in [4.69, 9.17) is 9.52 Å². The molecule has 0 amide bonds. The summed E-state index contributed by atoms with van der Waals surface area (Å²) in [5.41, 5.74) is 0. The van der Waals surface area contributed by atoms with Crippen LogP contribution >= 0.6 is 0 Å². The minimum absolute atomic E-state index is 0.216. The molecular formula is C10H17F3N4O2. The SMILES string of the molecule is CCCNCc1nnc(N(CCO)CC(F)(F)F)o1. The molecule has 0 saturated heterocycles. The Bertz CT molecular complexity index is 370. The van der Waals surface area contributed by atoms with Crippen LogP contribution in [0.25, 0.3) is 0 Å². The van der Waals surface area contributed by atoms with Crippen LogP contribution in [0.2, 0.25) is 0 Å². The predicted molar refractivity (Wildman–Crippen MR) is 61.6 cm³/mol. The first kappa shape index (κ1) is 15.7. The monoisotopic (exact) mass is 282 g/mol. The van der Waals surface area contributed by atoms with Gasteiger partial charge in [-0.2, -0.15) is 13.2 Å². The molecule has 0 bridgehead atoms. The zero-order valence-electron chi connectivity index (χ0n) is 10.6. The lowest BCUT2D eigenvalue weighted by molar-refractivity contribution is -0.120. The van der Waals surface area contributed by atoms with Crippen LogP contribution in [0.4, 0.5) is 19.2 Å². The Kier molecular flexibility index (Phi) is 6.03. The molecule has 1 aromatic heterocycles. The Morgan fingerprint density at radius 2 is 2.11 bits per heavy atom. The third-order valence-corrected chi connectivity index (χ3v) is 2.17. The summed E-state index contributed by atoms with van der Waals surface area (Å²) in [5.74, 6) is 0.216. The van der Waals surface area contributed by atoms with Crippen LogP contribution in [0.3, 0.4) is 0 Å². The number of alkyl halides is 3. The van der Waals surface area contributed by atoms with Gasteiger partial charge in [0.25, 0.3) is 0 Å². The van der Waals surface area contributed by atoms with Crippen molar-refractivity contribution in [3.63, 3.8) is 0 Å². The molecule has 0 fully saturated rings. The van der Waals surface area contributed by atoms with E-state index < -0.39 is 19.3 Å². The van der Waals surface area contributed by atoms with Crippen LogP contribution in [0, 0.1) is 0 Å². The minimum atomic E-state index is -4.40. The van der Waals surface area contributed by atoms with E-state index in [0.717, 1.165) is 17.9 Å². The molecule has 1 aromatic rings. The number of aromatic nitrogens is 2. The van der Waals surface area contributed by atoms with Gasteiger partial charge in [0, 0.05) is 6.54 Å². The summed E-state index contributed by atoms with van der Waals surface area (Å²) in [5, 5.41) is 19.0. The Morgan fingerprint density at radius 1 is 1.37 bits per heavy atom. The Morgan fingerprint density at radius 3 is 2.68 bits per heavy atom. The van der Waals surface area contributed by atoms with E-state index in [1.165, 1.54) is 0 Å². The molecule has 1 rings (SSSR count). The molecule has 0 aromatic carbocycles. The summed E-state index contributed by atoms with van der Waals surface area (Å²) in [7, 11) is 0. The van der Waals surface area contributed by atoms with E-state index in [-0.39, 0.29) is 18.5 Å². The number of anilines is 1. The number of nitrogens with zero attached hydrogens (tertiary/aromatic N) is 3. The summed E-state index contributed by atoms with van der Waals surface area (Å²) >= 11 is 0. The maximum Gasteiger partial charge on any atom is 0.406 e. The second-order valence-corrected chi connectivity index (χ2v) is 3.92. The lowest BCUT2D eigenvalue weighted by Gasteiger charge is -2.20. The van der Waals surface area contributed by atoms with Crippen LogP contribution in [-0.4, -0.2) is 47.7 Å². The topological polar surface area (TPSA) is 74.4 Å².